The molecule has 130 valence electrons. The first-order valence-electron chi connectivity index (χ1n) is 7.14. The van der Waals surface area contributed by atoms with E-state index in [1.807, 2.05) is 0 Å². The van der Waals surface area contributed by atoms with Crippen LogP contribution < -0.4 is 5.32 Å². The van der Waals surface area contributed by atoms with Crippen LogP contribution in [-0.2, 0) is 11.8 Å². The normalized spacial score (nSPS) is 11.2. The molecular weight excluding hydrogens is 368 g/mol. The van der Waals surface area contributed by atoms with Crippen LogP contribution >= 0.6 is 23.5 Å². The van der Waals surface area contributed by atoms with Crippen molar-refractivity contribution in [3.63, 3.8) is 0 Å². The Morgan fingerprint density at radius 2 is 2.12 bits per heavy atom. The number of fused-ring (bicyclic) bond motifs is 1. The monoisotopic (exact) mass is 381 g/mol. The van der Waals surface area contributed by atoms with Crippen LogP contribution in [0.1, 0.15) is 0 Å². The van der Waals surface area contributed by atoms with Crippen molar-refractivity contribution in [2.24, 2.45) is 7.05 Å². The third-order valence-electron chi connectivity index (χ3n) is 3.21. The zero-order valence-corrected chi connectivity index (χ0v) is 14.7. The molecule has 0 saturated carbocycles. The Morgan fingerprint density at radius 3 is 2.92 bits per heavy atom. The van der Waals surface area contributed by atoms with Crippen LogP contribution in [0.25, 0.3) is 11.0 Å². The highest BCUT2D eigenvalue weighted by molar-refractivity contribution is 8.00. The van der Waals surface area contributed by atoms with Crippen LogP contribution in [0.4, 0.5) is 14.5 Å². The van der Waals surface area contributed by atoms with Crippen molar-refractivity contribution in [2.75, 3.05) is 11.1 Å². The van der Waals surface area contributed by atoms with Crippen LogP contribution in [0.3, 0.4) is 0 Å². The summed E-state index contributed by atoms with van der Waals surface area (Å²) in [4.78, 5) is 20.8. The zero-order valence-electron chi connectivity index (χ0n) is 13.0. The minimum atomic E-state index is -2.55. The molecule has 0 fully saturated rings. The fraction of sp³-hybridized carbons (Fsp3) is 0.200. The maximum Gasteiger partial charge on any atom is 0.288 e. The van der Waals surface area contributed by atoms with Crippen molar-refractivity contribution in [1.29, 1.82) is 0 Å². The fourth-order valence-electron chi connectivity index (χ4n) is 2.14. The average molecular weight is 381 g/mol. The van der Waals surface area contributed by atoms with Crippen LogP contribution in [0.5, 0.6) is 0 Å². The molecule has 0 radical (unpaired) electrons. The van der Waals surface area contributed by atoms with Crippen molar-refractivity contribution in [1.82, 2.24) is 19.7 Å². The Labute approximate surface area is 150 Å². The number of aromatic nitrogens is 4. The molecule has 0 bridgehead atoms. The van der Waals surface area contributed by atoms with E-state index in [-0.39, 0.29) is 11.7 Å². The Bertz CT molecular complexity index is 903. The van der Waals surface area contributed by atoms with E-state index in [0.29, 0.717) is 33.0 Å². The molecule has 10 heteroatoms. The lowest BCUT2D eigenvalue weighted by Gasteiger charge is -2.10. The van der Waals surface area contributed by atoms with Gasteiger partial charge in [-0.15, -0.1) is 0 Å². The van der Waals surface area contributed by atoms with Gasteiger partial charge in [0.15, 0.2) is 5.65 Å². The molecule has 3 aromatic rings. The van der Waals surface area contributed by atoms with Crippen molar-refractivity contribution < 1.29 is 13.6 Å². The highest BCUT2D eigenvalue weighted by atomic mass is 32.2. The van der Waals surface area contributed by atoms with Gasteiger partial charge in [0.1, 0.15) is 11.4 Å². The molecule has 1 aromatic carbocycles. The Balaban J connectivity index is 1.67. The van der Waals surface area contributed by atoms with E-state index in [4.69, 9.17) is 0 Å². The van der Waals surface area contributed by atoms with E-state index >= 15 is 0 Å². The van der Waals surface area contributed by atoms with Crippen molar-refractivity contribution in [2.45, 2.75) is 15.7 Å². The molecule has 0 unspecified atom stereocenters. The summed E-state index contributed by atoms with van der Waals surface area (Å²) >= 11 is 1.64. The summed E-state index contributed by atoms with van der Waals surface area (Å²) in [5.74, 6) is -2.76. The molecule has 0 spiro atoms. The second-order valence-electron chi connectivity index (χ2n) is 4.90. The van der Waals surface area contributed by atoms with Crippen molar-refractivity contribution in [3.05, 3.63) is 36.8 Å². The van der Waals surface area contributed by atoms with Gasteiger partial charge in [0.2, 0.25) is 5.91 Å². The first-order valence-corrected chi connectivity index (χ1v) is 9.00. The van der Waals surface area contributed by atoms with Crippen LogP contribution in [0, 0.1) is 0 Å². The second-order valence-corrected chi connectivity index (χ2v) is 6.89. The number of thioether (sulfide) groups is 2. The number of amides is 1. The first kappa shape index (κ1) is 17.6. The largest absolute Gasteiger partial charge is 0.324 e. The number of nitrogens with zero attached hydrogens (tertiary/aromatic N) is 4. The minimum absolute atomic E-state index is 0.0920. The lowest BCUT2D eigenvalue weighted by atomic mass is 10.3. The summed E-state index contributed by atoms with van der Waals surface area (Å²) in [5, 5.41) is 8.18. The summed E-state index contributed by atoms with van der Waals surface area (Å²) in [6.45, 7) is 0. The van der Waals surface area contributed by atoms with Gasteiger partial charge >= 0.3 is 0 Å². The predicted molar refractivity (Wildman–Crippen MR) is 94.0 cm³/mol. The van der Waals surface area contributed by atoms with Crippen LogP contribution in [-0.4, -0.2) is 37.2 Å². The van der Waals surface area contributed by atoms with Gasteiger partial charge in [-0.1, -0.05) is 35.7 Å². The van der Waals surface area contributed by atoms with E-state index in [0.717, 1.165) is 5.39 Å². The molecule has 0 aliphatic heterocycles. The van der Waals surface area contributed by atoms with Crippen molar-refractivity contribution in [3.8, 4) is 0 Å². The first-order chi connectivity index (χ1) is 12.0. The minimum Gasteiger partial charge on any atom is -0.324 e. The molecule has 0 aliphatic carbocycles. The Hall–Kier alpha value is -2.20. The van der Waals surface area contributed by atoms with Crippen LogP contribution in [0.15, 0.2) is 46.7 Å². The van der Waals surface area contributed by atoms with Gasteiger partial charge < -0.3 is 5.32 Å². The lowest BCUT2D eigenvalue weighted by Crippen LogP contribution is -2.14. The van der Waals surface area contributed by atoms with Gasteiger partial charge in [-0.2, -0.15) is 13.9 Å². The molecule has 3 rings (SSSR count). The number of hydrogen-bond acceptors (Lipinski definition) is 6. The number of nitrogens with one attached hydrogen (secondary N) is 1. The third-order valence-corrected chi connectivity index (χ3v) is 5.00. The van der Waals surface area contributed by atoms with Gasteiger partial charge in [0.25, 0.3) is 5.76 Å². The van der Waals surface area contributed by atoms with E-state index in [1.165, 1.54) is 18.1 Å². The average Bonchev–Trinajstić information content (AvgIpc) is 2.96. The maximum atomic E-state index is 12.6. The molecule has 1 amide bonds. The molecule has 0 aliphatic rings. The summed E-state index contributed by atoms with van der Waals surface area (Å²) in [7, 11) is 1.77. The van der Waals surface area contributed by atoms with E-state index in [1.54, 1.807) is 42.2 Å². The number of halogens is 2. The summed E-state index contributed by atoms with van der Waals surface area (Å²) in [5.41, 5.74) is 1.05. The number of para-hydroxylation sites is 1. The Kier molecular flexibility index (Phi) is 5.49. The van der Waals surface area contributed by atoms with E-state index in [2.05, 4.69) is 20.4 Å². The topological polar surface area (TPSA) is 72.7 Å². The molecule has 2 aromatic heterocycles. The molecule has 1 N–H and O–H groups in total. The van der Waals surface area contributed by atoms with E-state index < -0.39 is 5.76 Å². The highest BCUT2D eigenvalue weighted by Gasteiger charge is 2.14. The standard InChI is InChI=1S/C15H13F2N5OS2/c1-22-13-9(6-20-22)14(19-8-18-13)24-7-12(23)21-10-4-2-3-5-11(10)25-15(16)17/h2-6,8,15H,7H2,1H3,(H,21,23). The zero-order chi connectivity index (χ0) is 17.8. The summed E-state index contributed by atoms with van der Waals surface area (Å²) in [6.07, 6.45) is 3.06. The molecular formula is C15H13F2N5OS2. The number of benzene rings is 1. The number of rotatable bonds is 6. The summed E-state index contributed by atoms with van der Waals surface area (Å²) < 4.78 is 26.8. The van der Waals surface area contributed by atoms with E-state index in [9.17, 15) is 13.6 Å². The van der Waals surface area contributed by atoms with Gasteiger partial charge in [-0.3, -0.25) is 9.48 Å². The lowest BCUT2D eigenvalue weighted by molar-refractivity contribution is -0.113. The molecule has 6 nitrogen and oxygen atoms in total. The third kappa shape index (κ3) is 4.26. The van der Waals surface area contributed by atoms with Crippen LogP contribution in [0.2, 0.25) is 0 Å². The number of anilines is 1. The number of carbonyl (C=O) groups is 1. The number of alkyl halides is 2. The highest BCUT2D eigenvalue weighted by Crippen LogP contribution is 2.32. The molecule has 0 atom stereocenters. The predicted octanol–water partition coefficient (Wildman–Crippen LogP) is 3.41. The summed E-state index contributed by atoms with van der Waals surface area (Å²) in [6, 6.07) is 6.47. The van der Waals surface area contributed by atoms with Crippen molar-refractivity contribution >= 4 is 46.2 Å². The SMILES string of the molecule is Cn1ncc2c(SCC(=O)Nc3ccccc3SC(F)F)ncnc21. The van der Waals surface area contributed by atoms with Gasteiger partial charge in [-0.25, -0.2) is 9.97 Å². The smallest absolute Gasteiger partial charge is 0.288 e. The molecule has 2 heterocycles. The number of aryl methyl sites for hydroxylation is 1. The molecule has 25 heavy (non-hydrogen) atoms. The number of carbonyl (C=O) groups excluding carboxylic acids is 1. The van der Waals surface area contributed by atoms with Gasteiger partial charge in [0.05, 0.1) is 23.0 Å². The van der Waals surface area contributed by atoms with Gasteiger partial charge in [0, 0.05) is 11.9 Å². The van der Waals surface area contributed by atoms with Gasteiger partial charge in [-0.05, 0) is 12.1 Å². The quantitative estimate of drug-likeness (QED) is 0.521. The Morgan fingerprint density at radius 1 is 1.32 bits per heavy atom. The maximum absolute atomic E-state index is 12.6. The second kappa shape index (κ2) is 7.79. The number of hydrogen-bond donors (Lipinski definition) is 1. The molecule has 0 saturated heterocycles. The fourth-order valence-corrected chi connectivity index (χ4v) is 3.50.